The van der Waals surface area contributed by atoms with Crippen LogP contribution in [-0.2, 0) is 11.3 Å². The van der Waals surface area contributed by atoms with E-state index < -0.39 is 0 Å². The first-order chi connectivity index (χ1) is 13.5. The number of carbonyl (C=O) groups is 1. The molecule has 1 aliphatic carbocycles. The molecule has 0 unspecified atom stereocenters. The highest BCUT2D eigenvalue weighted by atomic mass is 32.1. The maximum atomic E-state index is 12.7. The number of aryl methyl sites for hydroxylation is 3. The summed E-state index contributed by atoms with van der Waals surface area (Å²) in [5.74, 6) is 0.308. The van der Waals surface area contributed by atoms with Gasteiger partial charge in [-0.2, -0.15) is 0 Å². The van der Waals surface area contributed by atoms with Crippen molar-refractivity contribution in [2.75, 3.05) is 5.32 Å². The molecule has 1 aliphatic rings. The summed E-state index contributed by atoms with van der Waals surface area (Å²) in [6.45, 7) is 4.21. The summed E-state index contributed by atoms with van der Waals surface area (Å²) in [7, 11) is 0. The number of carbonyl (C=O) groups excluding carboxylic acids is 1. The third-order valence-electron chi connectivity index (χ3n) is 5.38. The molecule has 0 bridgehead atoms. The van der Waals surface area contributed by atoms with E-state index in [0.717, 1.165) is 33.1 Å². The van der Waals surface area contributed by atoms with Gasteiger partial charge in [0.1, 0.15) is 9.84 Å². The number of hydrogen-bond donors (Lipinski definition) is 1. The van der Waals surface area contributed by atoms with Gasteiger partial charge >= 0.3 is 0 Å². The van der Waals surface area contributed by atoms with Crippen molar-refractivity contribution >= 4 is 43.9 Å². The molecule has 0 aromatic carbocycles. The third-order valence-corrected chi connectivity index (χ3v) is 7.49. The van der Waals surface area contributed by atoms with E-state index in [1.54, 1.807) is 0 Å². The van der Waals surface area contributed by atoms with Crippen LogP contribution in [0.4, 0.5) is 5.13 Å². The molecule has 3 heterocycles. The molecule has 1 amide bonds. The molecular weight excluding hydrogens is 394 g/mol. The lowest BCUT2D eigenvalue weighted by atomic mass is 9.90. The molecule has 1 fully saturated rings. The predicted molar refractivity (Wildman–Crippen MR) is 112 cm³/mol. The molecule has 0 aliphatic heterocycles. The van der Waals surface area contributed by atoms with E-state index in [2.05, 4.69) is 20.5 Å². The summed E-state index contributed by atoms with van der Waals surface area (Å²) >= 11 is 2.99. The molecule has 7 nitrogen and oxygen atoms in total. The van der Waals surface area contributed by atoms with Gasteiger partial charge in [-0.15, -0.1) is 21.5 Å². The first-order valence-corrected chi connectivity index (χ1v) is 11.2. The maximum absolute atomic E-state index is 12.7. The number of nitrogens with zero attached hydrogens (tertiary/aromatic N) is 4. The summed E-state index contributed by atoms with van der Waals surface area (Å²) in [6.07, 6.45) is 7.80. The Morgan fingerprint density at radius 2 is 2.00 bits per heavy atom. The standard InChI is InChI=1S/C19H23N5O2S2/c1-11-12(2)27-17-15(11)18(26)24(10-20-17)9-8-14(25)21-19-23-22-16(28-19)13-6-4-3-5-7-13/h10,13H,3-9H2,1-2H3,(H,21,23,25). The lowest BCUT2D eigenvalue weighted by molar-refractivity contribution is -0.116. The average molecular weight is 418 g/mol. The minimum Gasteiger partial charge on any atom is -0.300 e. The Kier molecular flexibility index (Phi) is 5.54. The third kappa shape index (κ3) is 3.86. The minimum atomic E-state index is -0.170. The monoisotopic (exact) mass is 417 g/mol. The summed E-state index contributed by atoms with van der Waals surface area (Å²) in [5, 5.41) is 13.4. The van der Waals surface area contributed by atoms with Gasteiger partial charge < -0.3 is 5.32 Å². The summed E-state index contributed by atoms with van der Waals surface area (Å²) in [4.78, 5) is 31.2. The maximum Gasteiger partial charge on any atom is 0.262 e. The van der Waals surface area contributed by atoms with Gasteiger partial charge in [0, 0.05) is 23.8 Å². The summed E-state index contributed by atoms with van der Waals surface area (Å²) < 4.78 is 1.51. The van der Waals surface area contributed by atoms with Gasteiger partial charge in [-0.25, -0.2) is 4.98 Å². The van der Waals surface area contributed by atoms with E-state index in [4.69, 9.17) is 0 Å². The lowest BCUT2D eigenvalue weighted by Gasteiger charge is -2.18. The van der Waals surface area contributed by atoms with Crippen LogP contribution in [0.3, 0.4) is 0 Å². The second-order valence-electron chi connectivity index (χ2n) is 7.29. The predicted octanol–water partition coefficient (Wildman–Crippen LogP) is 4.00. The van der Waals surface area contributed by atoms with E-state index >= 15 is 0 Å². The number of rotatable bonds is 5. The van der Waals surface area contributed by atoms with Crippen LogP contribution >= 0.6 is 22.7 Å². The van der Waals surface area contributed by atoms with Crippen molar-refractivity contribution in [2.24, 2.45) is 0 Å². The lowest BCUT2D eigenvalue weighted by Crippen LogP contribution is -2.23. The number of thiophene rings is 1. The minimum absolute atomic E-state index is 0.0878. The highest BCUT2D eigenvalue weighted by Gasteiger charge is 2.20. The molecule has 3 aromatic rings. The molecule has 28 heavy (non-hydrogen) atoms. The molecule has 0 spiro atoms. The number of anilines is 1. The zero-order valence-corrected chi connectivity index (χ0v) is 17.7. The molecule has 0 atom stereocenters. The fraction of sp³-hybridized carbons (Fsp3) is 0.526. The first kappa shape index (κ1) is 19.2. The number of amides is 1. The number of hydrogen-bond acceptors (Lipinski definition) is 7. The Labute approximate surface area is 170 Å². The molecule has 1 saturated carbocycles. The number of aromatic nitrogens is 4. The van der Waals surface area contributed by atoms with E-state index in [-0.39, 0.29) is 24.4 Å². The molecule has 1 N–H and O–H groups in total. The van der Waals surface area contributed by atoms with E-state index in [0.29, 0.717) is 16.4 Å². The number of fused-ring (bicyclic) bond motifs is 1. The molecule has 9 heteroatoms. The Morgan fingerprint density at radius 3 is 2.79 bits per heavy atom. The normalized spacial score (nSPS) is 15.2. The fourth-order valence-corrected chi connectivity index (χ4v) is 5.55. The van der Waals surface area contributed by atoms with Crippen molar-refractivity contribution in [1.29, 1.82) is 0 Å². The molecular formula is C19H23N5O2S2. The summed E-state index contributed by atoms with van der Waals surface area (Å²) in [6, 6.07) is 0. The van der Waals surface area contributed by atoms with Crippen LogP contribution in [0, 0.1) is 13.8 Å². The van der Waals surface area contributed by atoms with Crippen molar-refractivity contribution in [2.45, 2.75) is 64.8 Å². The zero-order valence-electron chi connectivity index (χ0n) is 16.0. The molecule has 3 aromatic heterocycles. The molecule has 148 valence electrons. The second-order valence-corrected chi connectivity index (χ2v) is 9.50. The molecule has 4 rings (SSSR count). The van der Waals surface area contributed by atoms with Gasteiger partial charge in [-0.05, 0) is 32.3 Å². The summed E-state index contributed by atoms with van der Waals surface area (Å²) in [5.41, 5.74) is 0.885. The van der Waals surface area contributed by atoms with Crippen LogP contribution in [0.25, 0.3) is 10.2 Å². The fourth-order valence-electron chi connectivity index (χ4n) is 3.63. The van der Waals surface area contributed by atoms with Gasteiger partial charge in [0.05, 0.1) is 11.7 Å². The molecule has 0 radical (unpaired) electrons. The van der Waals surface area contributed by atoms with Gasteiger partial charge in [-0.1, -0.05) is 30.6 Å². The van der Waals surface area contributed by atoms with Crippen LogP contribution in [0.1, 0.15) is 59.9 Å². The van der Waals surface area contributed by atoms with E-state index in [1.165, 1.54) is 52.8 Å². The second kappa shape index (κ2) is 8.08. The van der Waals surface area contributed by atoms with Crippen molar-refractivity contribution in [3.63, 3.8) is 0 Å². The Balaban J connectivity index is 1.39. The van der Waals surface area contributed by atoms with Crippen LogP contribution in [0.5, 0.6) is 0 Å². The molecule has 0 saturated heterocycles. The highest BCUT2D eigenvalue weighted by molar-refractivity contribution is 7.18. The SMILES string of the molecule is Cc1sc2ncn(CCC(=O)Nc3nnc(C4CCCCC4)s3)c(=O)c2c1C. The van der Waals surface area contributed by atoms with Gasteiger partial charge in [0.15, 0.2) is 0 Å². The van der Waals surface area contributed by atoms with Crippen molar-refractivity contribution in [1.82, 2.24) is 19.7 Å². The van der Waals surface area contributed by atoms with Crippen molar-refractivity contribution < 1.29 is 4.79 Å². The highest BCUT2D eigenvalue weighted by Crippen LogP contribution is 2.35. The van der Waals surface area contributed by atoms with Crippen LogP contribution in [0.15, 0.2) is 11.1 Å². The number of nitrogens with one attached hydrogen (secondary N) is 1. The Hall–Kier alpha value is -2.13. The van der Waals surface area contributed by atoms with Crippen LogP contribution < -0.4 is 10.9 Å². The van der Waals surface area contributed by atoms with Gasteiger partial charge in [-0.3, -0.25) is 14.2 Å². The Bertz CT molecular complexity index is 1060. The van der Waals surface area contributed by atoms with Crippen molar-refractivity contribution in [3.8, 4) is 0 Å². The van der Waals surface area contributed by atoms with Crippen molar-refractivity contribution in [3.05, 3.63) is 32.1 Å². The topological polar surface area (TPSA) is 89.8 Å². The van der Waals surface area contributed by atoms with Crippen LogP contribution in [0.2, 0.25) is 0 Å². The van der Waals surface area contributed by atoms with E-state index in [9.17, 15) is 9.59 Å². The van der Waals surface area contributed by atoms with Gasteiger partial charge in [0.25, 0.3) is 5.56 Å². The quantitative estimate of drug-likeness (QED) is 0.678. The van der Waals surface area contributed by atoms with E-state index in [1.807, 2.05) is 13.8 Å². The van der Waals surface area contributed by atoms with Crippen LogP contribution in [-0.4, -0.2) is 25.7 Å². The smallest absolute Gasteiger partial charge is 0.262 e. The zero-order chi connectivity index (χ0) is 19.7. The first-order valence-electron chi connectivity index (χ1n) is 9.61. The Morgan fingerprint density at radius 1 is 1.21 bits per heavy atom. The average Bonchev–Trinajstić information content (AvgIpc) is 3.27. The van der Waals surface area contributed by atoms with Gasteiger partial charge in [0.2, 0.25) is 11.0 Å². The largest absolute Gasteiger partial charge is 0.300 e.